The molecule has 1 aliphatic carbocycles. The first-order valence-electron chi connectivity index (χ1n) is 10.7. The third kappa shape index (κ3) is 4.99. The van der Waals surface area contributed by atoms with Gasteiger partial charge in [-0.25, -0.2) is 0 Å². The second-order valence-electron chi connectivity index (χ2n) is 8.06. The van der Waals surface area contributed by atoms with Crippen molar-refractivity contribution in [2.24, 2.45) is 13.0 Å². The molecule has 1 N–H and O–H groups in total. The molecule has 2 aromatic rings. The molecule has 2 fully saturated rings. The molecule has 8 heteroatoms. The van der Waals surface area contributed by atoms with Gasteiger partial charge in [0.1, 0.15) is 5.75 Å². The predicted molar refractivity (Wildman–Crippen MR) is 109 cm³/mol. The molecule has 1 saturated carbocycles. The number of aryl methyl sites for hydroxylation is 1. The first-order valence-corrected chi connectivity index (χ1v) is 10.7. The number of pyridine rings is 1. The molecular formula is C22H29N3O5. The van der Waals surface area contributed by atoms with Crippen LogP contribution in [0.4, 0.5) is 0 Å². The van der Waals surface area contributed by atoms with Crippen molar-refractivity contribution in [3.8, 4) is 17.0 Å². The number of carbonyl (C=O) groups is 1. The monoisotopic (exact) mass is 415 g/mol. The van der Waals surface area contributed by atoms with E-state index in [2.05, 4.69) is 10.1 Å². The van der Waals surface area contributed by atoms with E-state index >= 15 is 0 Å². The van der Waals surface area contributed by atoms with Crippen molar-refractivity contribution >= 4 is 5.97 Å². The summed E-state index contributed by atoms with van der Waals surface area (Å²) in [6, 6.07) is 3.79. The van der Waals surface area contributed by atoms with Crippen molar-refractivity contribution < 1.29 is 24.1 Å². The van der Waals surface area contributed by atoms with E-state index in [-0.39, 0.29) is 18.3 Å². The normalized spacial score (nSPS) is 24.5. The number of aromatic nitrogens is 3. The van der Waals surface area contributed by atoms with Crippen molar-refractivity contribution in [1.29, 1.82) is 0 Å². The molecule has 4 rings (SSSR count). The SMILES string of the molecule is Cn1ncc(-c2ccc(O[C@H]3CCC[C@H](C(=O)O)C3)cn2)c1COC1CCCCO1. The Morgan fingerprint density at radius 3 is 2.87 bits per heavy atom. The Bertz CT molecular complexity index is 845. The average molecular weight is 415 g/mol. The maximum absolute atomic E-state index is 11.2. The lowest BCUT2D eigenvalue weighted by Crippen LogP contribution is -2.29. The Morgan fingerprint density at radius 2 is 2.13 bits per heavy atom. The predicted octanol–water partition coefficient (Wildman–Crippen LogP) is 3.55. The van der Waals surface area contributed by atoms with Gasteiger partial charge in [0, 0.05) is 19.2 Å². The molecule has 2 aromatic heterocycles. The summed E-state index contributed by atoms with van der Waals surface area (Å²) in [5, 5.41) is 13.6. The number of rotatable bonds is 7. The van der Waals surface area contributed by atoms with Crippen LogP contribution in [-0.4, -0.2) is 44.8 Å². The highest BCUT2D eigenvalue weighted by atomic mass is 16.7. The Balaban J connectivity index is 1.39. The van der Waals surface area contributed by atoms with Gasteiger partial charge in [0.15, 0.2) is 6.29 Å². The van der Waals surface area contributed by atoms with Gasteiger partial charge in [-0.2, -0.15) is 5.10 Å². The van der Waals surface area contributed by atoms with Crippen LogP contribution in [0.5, 0.6) is 5.75 Å². The smallest absolute Gasteiger partial charge is 0.306 e. The molecule has 0 amide bonds. The van der Waals surface area contributed by atoms with Crippen LogP contribution in [0, 0.1) is 5.92 Å². The third-order valence-corrected chi connectivity index (χ3v) is 5.90. The molecule has 30 heavy (non-hydrogen) atoms. The summed E-state index contributed by atoms with van der Waals surface area (Å²) in [6.07, 6.45) is 9.41. The molecule has 3 atom stereocenters. The molecule has 1 saturated heterocycles. The van der Waals surface area contributed by atoms with Crippen LogP contribution in [0.2, 0.25) is 0 Å². The summed E-state index contributed by atoms with van der Waals surface area (Å²) >= 11 is 0. The minimum Gasteiger partial charge on any atom is -0.489 e. The van der Waals surface area contributed by atoms with E-state index in [9.17, 15) is 9.90 Å². The summed E-state index contributed by atoms with van der Waals surface area (Å²) < 4.78 is 19.4. The Kier molecular flexibility index (Phi) is 6.64. The van der Waals surface area contributed by atoms with Crippen molar-refractivity contribution in [2.75, 3.05) is 6.61 Å². The van der Waals surface area contributed by atoms with Crippen molar-refractivity contribution in [3.63, 3.8) is 0 Å². The van der Waals surface area contributed by atoms with Crippen LogP contribution in [0.3, 0.4) is 0 Å². The van der Waals surface area contributed by atoms with Crippen LogP contribution < -0.4 is 4.74 Å². The molecule has 3 heterocycles. The lowest BCUT2D eigenvalue weighted by atomic mass is 9.87. The maximum atomic E-state index is 11.2. The molecule has 162 valence electrons. The van der Waals surface area contributed by atoms with Gasteiger partial charge in [-0.15, -0.1) is 0 Å². The van der Waals surface area contributed by atoms with E-state index in [1.165, 1.54) is 0 Å². The van der Waals surface area contributed by atoms with Gasteiger partial charge in [-0.3, -0.25) is 14.5 Å². The van der Waals surface area contributed by atoms with Crippen LogP contribution in [0.25, 0.3) is 11.3 Å². The molecule has 1 unspecified atom stereocenters. The van der Waals surface area contributed by atoms with Crippen LogP contribution in [0.1, 0.15) is 50.6 Å². The molecule has 0 bridgehead atoms. The van der Waals surface area contributed by atoms with Gasteiger partial charge in [0.05, 0.1) is 42.4 Å². The van der Waals surface area contributed by atoms with Crippen molar-refractivity contribution in [3.05, 3.63) is 30.2 Å². The molecule has 0 aromatic carbocycles. The van der Waals surface area contributed by atoms with Crippen LogP contribution >= 0.6 is 0 Å². The molecule has 0 spiro atoms. The van der Waals surface area contributed by atoms with Gasteiger partial charge in [0.2, 0.25) is 0 Å². The minimum atomic E-state index is -0.735. The number of carboxylic acids is 1. The van der Waals surface area contributed by atoms with E-state index in [4.69, 9.17) is 14.2 Å². The molecular weight excluding hydrogens is 386 g/mol. The van der Waals surface area contributed by atoms with Gasteiger partial charge in [-0.05, 0) is 57.1 Å². The highest BCUT2D eigenvalue weighted by Gasteiger charge is 2.28. The molecule has 2 aliphatic rings. The zero-order chi connectivity index (χ0) is 20.9. The fourth-order valence-corrected chi connectivity index (χ4v) is 4.14. The number of carboxylic acid groups (broad SMARTS) is 1. The van der Waals surface area contributed by atoms with Gasteiger partial charge >= 0.3 is 5.97 Å². The highest BCUT2D eigenvalue weighted by molar-refractivity contribution is 5.70. The number of hydrogen-bond donors (Lipinski definition) is 1. The summed E-state index contributed by atoms with van der Waals surface area (Å²) in [4.78, 5) is 15.8. The number of hydrogen-bond acceptors (Lipinski definition) is 6. The topological polar surface area (TPSA) is 95.7 Å². The Morgan fingerprint density at radius 1 is 1.23 bits per heavy atom. The van der Waals surface area contributed by atoms with Crippen molar-refractivity contribution in [1.82, 2.24) is 14.8 Å². The Hall–Kier alpha value is -2.45. The summed E-state index contributed by atoms with van der Waals surface area (Å²) in [5.41, 5.74) is 2.66. The fraction of sp³-hybridized carbons (Fsp3) is 0.591. The summed E-state index contributed by atoms with van der Waals surface area (Å²) in [7, 11) is 1.89. The third-order valence-electron chi connectivity index (χ3n) is 5.90. The lowest BCUT2D eigenvalue weighted by molar-refractivity contribution is -0.169. The maximum Gasteiger partial charge on any atom is 0.306 e. The Labute approximate surface area is 176 Å². The first kappa shape index (κ1) is 20.8. The molecule has 0 radical (unpaired) electrons. The standard InChI is InChI=1S/C22H29N3O5/c1-25-20(14-29-21-7-2-3-10-28-21)18(13-24-25)19-9-8-17(12-23-19)30-16-6-4-5-15(11-16)22(26)27/h8-9,12-13,15-16,21H,2-7,10-11,14H2,1H3,(H,26,27)/t15-,16-,21?/m0/s1. The van der Waals surface area contributed by atoms with E-state index in [0.717, 1.165) is 62.1 Å². The average Bonchev–Trinajstić information content (AvgIpc) is 3.14. The minimum absolute atomic E-state index is 0.0784. The second kappa shape index (κ2) is 9.57. The van der Waals surface area contributed by atoms with Gasteiger partial charge in [-0.1, -0.05) is 0 Å². The van der Waals surface area contributed by atoms with E-state index in [0.29, 0.717) is 18.8 Å². The van der Waals surface area contributed by atoms with Crippen LogP contribution in [-0.2, 0) is 27.9 Å². The highest BCUT2D eigenvalue weighted by Crippen LogP contribution is 2.29. The van der Waals surface area contributed by atoms with Gasteiger partial charge in [0.25, 0.3) is 0 Å². The summed E-state index contributed by atoms with van der Waals surface area (Å²) in [5.74, 6) is -0.393. The first-order chi connectivity index (χ1) is 14.6. The summed E-state index contributed by atoms with van der Waals surface area (Å²) in [6.45, 7) is 1.16. The second-order valence-corrected chi connectivity index (χ2v) is 8.06. The number of nitrogens with zero attached hydrogens (tertiary/aromatic N) is 3. The lowest BCUT2D eigenvalue weighted by Gasteiger charge is -2.27. The number of ether oxygens (including phenoxy) is 3. The zero-order valence-electron chi connectivity index (χ0n) is 17.3. The molecule has 8 nitrogen and oxygen atoms in total. The van der Waals surface area contributed by atoms with Crippen molar-refractivity contribution in [2.45, 2.75) is 63.9 Å². The van der Waals surface area contributed by atoms with E-state index < -0.39 is 5.97 Å². The largest absolute Gasteiger partial charge is 0.489 e. The fourth-order valence-electron chi connectivity index (χ4n) is 4.14. The van der Waals surface area contributed by atoms with Crippen LogP contribution in [0.15, 0.2) is 24.5 Å². The van der Waals surface area contributed by atoms with Gasteiger partial charge < -0.3 is 19.3 Å². The quantitative estimate of drug-likeness (QED) is 0.739. The zero-order valence-corrected chi connectivity index (χ0v) is 17.3. The number of aliphatic carboxylic acids is 1. The van der Waals surface area contributed by atoms with E-state index in [1.54, 1.807) is 17.1 Å². The van der Waals surface area contributed by atoms with E-state index in [1.807, 2.05) is 19.2 Å². The molecule has 1 aliphatic heterocycles.